The second-order valence-electron chi connectivity index (χ2n) is 3.97. The number of hydrogen-bond donors (Lipinski definition) is 1. The van der Waals surface area contributed by atoms with E-state index >= 15 is 0 Å². The Kier molecular flexibility index (Phi) is 7.36. The van der Waals surface area contributed by atoms with Gasteiger partial charge in [-0.2, -0.15) is 0 Å². The van der Waals surface area contributed by atoms with E-state index in [0.717, 1.165) is 29.0 Å². The molecule has 23 heavy (non-hydrogen) atoms. The number of phenolic OH excluding ortho intramolecular Hbond substituents is 1. The van der Waals surface area contributed by atoms with Gasteiger partial charge >= 0.3 is 0 Å². The van der Waals surface area contributed by atoms with E-state index in [2.05, 4.69) is 32.2 Å². The van der Waals surface area contributed by atoms with Gasteiger partial charge in [-0.15, -0.1) is 0 Å². The highest BCUT2D eigenvalue weighted by molar-refractivity contribution is 9.10. The summed E-state index contributed by atoms with van der Waals surface area (Å²) in [5.41, 5.74) is 0.218. The molecule has 0 aliphatic rings. The molecule has 2 aromatic carbocycles. The summed E-state index contributed by atoms with van der Waals surface area (Å²) in [4.78, 5) is 30.2. The van der Waals surface area contributed by atoms with Crippen molar-refractivity contribution < 1.29 is 23.4 Å². The first-order valence-corrected chi connectivity index (χ1v) is 7.33. The number of aldehydes is 2. The minimum absolute atomic E-state index is 0.0794. The van der Waals surface area contributed by atoms with Gasteiger partial charge in [-0.1, -0.05) is 6.07 Å². The van der Waals surface area contributed by atoms with Crippen molar-refractivity contribution in [2.24, 2.45) is 0 Å². The number of nitro groups is 1. The van der Waals surface area contributed by atoms with Crippen molar-refractivity contribution in [2.75, 3.05) is 0 Å². The SMILES string of the molecule is O=Cc1cc([N+](=O)[O-])ccc1O.O=Cc1cccc(Br)c1OBr. The number of aromatic hydroxyl groups is 1. The average molecular weight is 447 g/mol. The summed E-state index contributed by atoms with van der Waals surface area (Å²) in [5, 5.41) is 19.2. The molecule has 9 heteroatoms. The van der Waals surface area contributed by atoms with Crippen molar-refractivity contribution in [1.82, 2.24) is 0 Å². The summed E-state index contributed by atoms with van der Waals surface area (Å²) in [6.07, 6.45) is 1.10. The number of para-hydroxylation sites is 1. The van der Waals surface area contributed by atoms with Crippen LogP contribution in [0.1, 0.15) is 20.7 Å². The van der Waals surface area contributed by atoms with Crippen molar-refractivity contribution in [1.29, 1.82) is 0 Å². The topological polar surface area (TPSA) is 107 Å². The molecule has 1 N–H and O–H groups in total. The number of carbonyl (C=O) groups excluding carboxylic acids is 2. The van der Waals surface area contributed by atoms with Gasteiger partial charge in [0, 0.05) is 12.1 Å². The molecule has 0 aliphatic heterocycles. The molecule has 0 amide bonds. The molecule has 0 saturated carbocycles. The number of rotatable bonds is 4. The highest BCUT2D eigenvalue weighted by atomic mass is 79.9. The van der Waals surface area contributed by atoms with Crippen molar-refractivity contribution in [3.05, 3.63) is 62.1 Å². The molecule has 0 bridgehead atoms. The first kappa shape index (κ1) is 18.8. The molecular formula is C14H9Br2NO6. The van der Waals surface area contributed by atoms with Crippen LogP contribution in [0.15, 0.2) is 40.9 Å². The molecule has 0 heterocycles. The van der Waals surface area contributed by atoms with Gasteiger partial charge in [0.05, 0.1) is 20.5 Å². The Morgan fingerprint density at radius 2 is 1.78 bits per heavy atom. The summed E-state index contributed by atoms with van der Waals surface area (Å²) in [6, 6.07) is 8.49. The van der Waals surface area contributed by atoms with Crippen LogP contribution in [0.4, 0.5) is 5.69 Å². The van der Waals surface area contributed by atoms with Crippen LogP contribution in [-0.2, 0) is 0 Å². The van der Waals surface area contributed by atoms with Crippen LogP contribution in [0.3, 0.4) is 0 Å². The molecule has 2 rings (SSSR count). The van der Waals surface area contributed by atoms with E-state index in [1.165, 1.54) is 0 Å². The van der Waals surface area contributed by atoms with Crippen molar-refractivity contribution in [3.63, 3.8) is 0 Å². The monoisotopic (exact) mass is 445 g/mol. The molecular weight excluding hydrogens is 438 g/mol. The fraction of sp³-hybridized carbons (Fsp3) is 0. The lowest BCUT2D eigenvalue weighted by atomic mass is 10.2. The molecule has 0 radical (unpaired) electrons. The van der Waals surface area contributed by atoms with Gasteiger partial charge in [0.2, 0.25) is 0 Å². The maximum Gasteiger partial charge on any atom is 0.270 e. The number of hydrogen-bond acceptors (Lipinski definition) is 6. The maximum atomic E-state index is 10.4. The number of phenols is 1. The predicted octanol–water partition coefficient (Wildman–Crippen LogP) is 4.06. The lowest BCUT2D eigenvalue weighted by Crippen LogP contribution is -1.89. The van der Waals surface area contributed by atoms with E-state index in [-0.39, 0.29) is 17.0 Å². The summed E-state index contributed by atoms with van der Waals surface area (Å²) in [7, 11) is 0. The van der Waals surface area contributed by atoms with Gasteiger partial charge in [-0.05, 0) is 34.1 Å². The predicted molar refractivity (Wildman–Crippen MR) is 89.2 cm³/mol. The Morgan fingerprint density at radius 3 is 2.26 bits per heavy atom. The first-order valence-electron chi connectivity index (χ1n) is 5.89. The number of non-ortho nitro benzene ring substituents is 1. The molecule has 2 aromatic rings. The molecule has 0 atom stereocenters. The van der Waals surface area contributed by atoms with E-state index in [9.17, 15) is 19.7 Å². The highest BCUT2D eigenvalue weighted by Gasteiger charge is 2.08. The third-order valence-corrected chi connectivity index (χ3v) is 3.50. The zero-order valence-corrected chi connectivity index (χ0v) is 14.5. The van der Waals surface area contributed by atoms with E-state index in [1.807, 2.05) is 0 Å². The minimum atomic E-state index is -0.633. The fourth-order valence-corrected chi connectivity index (χ4v) is 2.49. The molecule has 0 aliphatic carbocycles. The third kappa shape index (κ3) is 5.15. The first-order chi connectivity index (χ1) is 10.9. The van der Waals surface area contributed by atoms with Crippen molar-refractivity contribution >= 4 is 50.4 Å². The molecule has 0 spiro atoms. The second kappa shape index (κ2) is 9.01. The van der Waals surface area contributed by atoms with Crippen LogP contribution >= 0.6 is 32.2 Å². The number of benzene rings is 2. The molecule has 0 unspecified atom stereocenters. The summed E-state index contributed by atoms with van der Waals surface area (Å²) < 4.78 is 5.55. The summed E-state index contributed by atoms with van der Waals surface area (Å²) >= 11 is 6.05. The Bertz CT molecular complexity index is 735. The zero-order valence-electron chi connectivity index (χ0n) is 11.3. The van der Waals surface area contributed by atoms with E-state index in [4.69, 9.17) is 8.93 Å². The normalized spacial score (nSPS) is 9.30. The summed E-state index contributed by atoms with van der Waals surface area (Å²) in [5.74, 6) is 0.248. The van der Waals surface area contributed by atoms with Crippen LogP contribution in [0.5, 0.6) is 11.5 Å². The van der Waals surface area contributed by atoms with E-state index in [0.29, 0.717) is 17.6 Å². The smallest absolute Gasteiger partial charge is 0.270 e. The van der Waals surface area contributed by atoms with Gasteiger partial charge in [0.15, 0.2) is 34.6 Å². The lowest BCUT2D eigenvalue weighted by molar-refractivity contribution is -0.384. The molecule has 0 saturated heterocycles. The quantitative estimate of drug-likeness (QED) is 0.431. The van der Waals surface area contributed by atoms with E-state index in [1.54, 1.807) is 18.2 Å². The highest BCUT2D eigenvalue weighted by Crippen LogP contribution is 2.29. The minimum Gasteiger partial charge on any atom is -0.507 e. The largest absolute Gasteiger partial charge is 0.507 e. The fourth-order valence-electron chi connectivity index (χ4n) is 1.45. The molecule has 120 valence electrons. The van der Waals surface area contributed by atoms with E-state index < -0.39 is 4.92 Å². The Hall–Kier alpha value is -2.26. The third-order valence-electron chi connectivity index (χ3n) is 2.55. The summed E-state index contributed by atoms with van der Waals surface area (Å²) in [6.45, 7) is 0. The Balaban J connectivity index is 0.000000231. The molecule has 0 fully saturated rings. The van der Waals surface area contributed by atoms with Gasteiger partial charge in [-0.3, -0.25) is 19.7 Å². The maximum absolute atomic E-state index is 10.4. The lowest BCUT2D eigenvalue weighted by Gasteiger charge is -2.01. The van der Waals surface area contributed by atoms with Gasteiger partial charge in [0.1, 0.15) is 5.75 Å². The molecule has 0 aromatic heterocycles. The van der Waals surface area contributed by atoms with Gasteiger partial charge < -0.3 is 8.93 Å². The Morgan fingerprint density at radius 1 is 1.13 bits per heavy atom. The van der Waals surface area contributed by atoms with Crippen LogP contribution in [0, 0.1) is 10.1 Å². The van der Waals surface area contributed by atoms with Crippen LogP contribution < -0.4 is 3.83 Å². The number of carbonyl (C=O) groups is 2. The number of nitrogens with zero attached hydrogens (tertiary/aromatic N) is 1. The van der Waals surface area contributed by atoms with Gasteiger partial charge in [0.25, 0.3) is 5.69 Å². The number of halogens is 2. The Labute approximate surface area is 147 Å². The average Bonchev–Trinajstić information content (AvgIpc) is 2.55. The molecule has 7 nitrogen and oxygen atoms in total. The van der Waals surface area contributed by atoms with Crippen LogP contribution in [0.2, 0.25) is 0 Å². The van der Waals surface area contributed by atoms with Crippen molar-refractivity contribution in [2.45, 2.75) is 0 Å². The van der Waals surface area contributed by atoms with Crippen LogP contribution in [-0.4, -0.2) is 22.6 Å². The number of nitro benzene ring substituents is 1. The zero-order chi connectivity index (χ0) is 17.4. The van der Waals surface area contributed by atoms with Gasteiger partial charge in [-0.25, -0.2) is 0 Å². The van der Waals surface area contributed by atoms with Crippen LogP contribution in [0.25, 0.3) is 0 Å². The second-order valence-corrected chi connectivity index (χ2v) is 5.15. The van der Waals surface area contributed by atoms with Crippen molar-refractivity contribution in [3.8, 4) is 11.5 Å². The standard InChI is InChI=1S/C7H4Br2O2.C7H5NO4/c8-6-3-1-2-5(4-10)7(6)11-9;9-4-5-3-6(8(11)12)1-2-7(5)10/h1-4H;1-4,10H.